The fraction of sp³-hybridized carbons (Fsp3) is 0.300. The van der Waals surface area contributed by atoms with Gasteiger partial charge >= 0.3 is 5.63 Å². The lowest BCUT2D eigenvalue weighted by atomic mass is 9.89. The SMILES string of the molecule is Cc1cc2oc(=O)cc(-c3ccccc3)c2c(C)c1-c1ccc(CNC2CCCCC2)cc1. The van der Waals surface area contributed by atoms with Crippen LogP contribution in [0.2, 0.25) is 0 Å². The third-order valence-electron chi connectivity index (χ3n) is 7.01. The second-order valence-corrected chi connectivity index (χ2v) is 9.32. The van der Waals surface area contributed by atoms with Crippen molar-refractivity contribution >= 4 is 11.0 Å². The van der Waals surface area contributed by atoms with E-state index in [0.29, 0.717) is 11.6 Å². The summed E-state index contributed by atoms with van der Waals surface area (Å²) in [6.07, 6.45) is 6.68. The van der Waals surface area contributed by atoms with Gasteiger partial charge in [-0.15, -0.1) is 0 Å². The molecule has 5 rings (SSSR count). The van der Waals surface area contributed by atoms with Gasteiger partial charge in [0.1, 0.15) is 5.58 Å². The first-order valence-electron chi connectivity index (χ1n) is 12.1. The molecule has 1 saturated carbocycles. The highest BCUT2D eigenvalue weighted by Gasteiger charge is 2.17. The summed E-state index contributed by atoms with van der Waals surface area (Å²) in [5, 5.41) is 4.74. The van der Waals surface area contributed by atoms with E-state index in [1.54, 1.807) is 6.07 Å². The lowest BCUT2D eigenvalue weighted by Gasteiger charge is -2.23. The molecule has 0 aliphatic heterocycles. The summed E-state index contributed by atoms with van der Waals surface area (Å²) >= 11 is 0. The molecular weight excluding hydrogens is 406 g/mol. The summed E-state index contributed by atoms with van der Waals surface area (Å²) in [6, 6.07) is 23.3. The van der Waals surface area contributed by atoms with E-state index in [-0.39, 0.29) is 5.63 Å². The molecule has 1 aliphatic carbocycles. The molecule has 1 fully saturated rings. The van der Waals surface area contributed by atoms with Crippen molar-refractivity contribution in [3.63, 3.8) is 0 Å². The second-order valence-electron chi connectivity index (χ2n) is 9.32. The quantitative estimate of drug-likeness (QED) is 0.337. The van der Waals surface area contributed by atoms with E-state index in [9.17, 15) is 4.79 Å². The molecule has 1 aliphatic rings. The Hall–Kier alpha value is -3.17. The van der Waals surface area contributed by atoms with Crippen LogP contribution in [0.1, 0.15) is 48.8 Å². The molecule has 3 aromatic carbocycles. The molecule has 33 heavy (non-hydrogen) atoms. The molecular formula is C30H31NO2. The minimum absolute atomic E-state index is 0.317. The Balaban J connectivity index is 1.51. The average molecular weight is 438 g/mol. The standard InChI is InChI=1S/C30H31NO2/c1-20-17-27-30(26(18-28(32)33-27)23-9-5-3-6-10-23)21(2)29(20)24-15-13-22(14-16-24)19-31-25-11-7-4-8-12-25/h3,5-6,9-10,13-18,25,31H,4,7-8,11-12,19H2,1-2H3. The summed E-state index contributed by atoms with van der Waals surface area (Å²) in [5.74, 6) is 0. The molecule has 0 atom stereocenters. The Labute approximate surface area is 195 Å². The van der Waals surface area contributed by atoms with Crippen LogP contribution < -0.4 is 10.9 Å². The van der Waals surface area contributed by atoms with Gasteiger partial charge in [0, 0.05) is 29.6 Å². The molecule has 1 aromatic heterocycles. The summed E-state index contributed by atoms with van der Waals surface area (Å²) in [7, 11) is 0. The summed E-state index contributed by atoms with van der Waals surface area (Å²) in [6.45, 7) is 5.15. The van der Waals surface area contributed by atoms with Crippen molar-refractivity contribution in [2.24, 2.45) is 0 Å². The highest BCUT2D eigenvalue weighted by atomic mass is 16.4. The molecule has 168 valence electrons. The first kappa shape index (κ1) is 21.7. The van der Waals surface area contributed by atoms with E-state index in [4.69, 9.17) is 4.42 Å². The maximum absolute atomic E-state index is 12.3. The number of nitrogens with one attached hydrogen (secondary N) is 1. The van der Waals surface area contributed by atoms with Crippen molar-refractivity contribution in [2.75, 3.05) is 0 Å². The van der Waals surface area contributed by atoms with Gasteiger partial charge in [0.25, 0.3) is 0 Å². The Morgan fingerprint density at radius 3 is 2.33 bits per heavy atom. The molecule has 0 saturated heterocycles. The Morgan fingerprint density at radius 1 is 0.879 bits per heavy atom. The monoisotopic (exact) mass is 437 g/mol. The minimum atomic E-state index is -0.317. The zero-order valence-corrected chi connectivity index (χ0v) is 19.5. The van der Waals surface area contributed by atoms with Crippen molar-refractivity contribution in [1.29, 1.82) is 0 Å². The Morgan fingerprint density at radius 2 is 1.61 bits per heavy atom. The van der Waals surface area contributed by atoms with Crippen LogP contribution in [-0.2, 0) is 6.54 Å². The predicted octanol–water partition coefficient (Wildman–Crippen LogP) is 7.17. The number of rotatable bonds is 5. The van der Waals surface area contributed by atoms with Gasteiger partial charge in [0.2, 0.25) is 0 Å². The second kappa shape index (κ2) is 9.36. The number of fused-ring (bicyclic) bond motifs is 1. The minimum Gasteiger partial charge on any atom is -0.423 e. The first-order valence-corrected chi connectivity index (χ1v) is 12.1. The largest absolute Gasteiger partial charge is 0.423 e. The van der Waals surface area contributed by atoms with Crippen LogP contribution >= 0.6 is 0 Å². The van der Waals surface area contributed by atoms with Gasteiger partial charge < -0.3 is 9.73 Å². The first-order chi connectivity index (χ1) is 16.1. The van der Waals surface area contributed by atoms with Crippen molar-refractivity contribution in [1.82, 2.24) is 5.32 Å². The van der Waals surface area contributed by atoms with Crippen LogP contribution in [0.25, 0.3) is 33.2 Å². The fourth-order valence-corrected chi connectivity index (χ4v) is 5.34. The van der Waals surface area contributed by atoms with Crippen LogP contribution in [0.4, 0.5) is 0 Å². The van der Waals surface area contributed by atoms with Crippen molar-refractivity contribution < 1.29 is 4.42 Å². The zero-order chi connectivity index (χ0) is 22.8. The summed E-state index contributed by atoms with van der Waals surface area (Å²) < 4.78 is 5.62. The molecule has 0 bridgehead atoms. The lowest BCUT2D eigenvalue weighted by Crippen LogP contribution is -2.30. The van der Waals surface area contributed by atoms with Gasteiger partial charge in [-0.2, -0.15) is 0 Å². The molecule has 0 amide bonds. The van der Waals surface area contributed by atoms with E-state index in [0.717, 1.165) is 34.2 Å². The molecule has 0 radical (unpaired) electrons. The number of hydrogen-bond acceptors (Lipinski definition) is 3. The smallest absolute Gasteiger partial charge is 0.336 e. The molecule has 4 aromatic rings. The number of aryl methyl sites for hydroxylation is 2. The summed E-state index contributed by atoms with van der Waals surface area (Å²) in [4.78, 5) is 12.3. The lowest BCUT2D eigenvalue weighted by molar-refractivity contribution is 0.372. The zero-order valence-electron chi connectivity index (χ0n) is 19.5. The number of hydrogen-bond donors (Lipinski definition) is 1. The van der Waals surface area contributed by atoms with E-state index in [1.165, 1.54) is 48.8 Å². The van der Waals surface area contributed by atoms with Gasteiger partial charge in [0.15, 0.2) is 0 Å². The van der Waals surface area contributed by atoms with E-state index >= 15 is 0 Å². The van der Waals surface area contributed by atoms with Crippen molar-refractivity contribution in [3.8, 4) is 22.3 Å². The molecule has 1 heterocycles. The molecule has 3 heteroatoms. The maximum atomic E-state index is 12.3. The van der Waals surface area contributed by atoms with Gasteiger partial charge in [-0.1, -0.05) is 73.9 Å². The average Bonchev–Trinajstić information content (AvgIpc) is 2.84. The van der Waals surface area contributed by atoms with E-state index in [1.807, 2.05) is 36.4 Å². The van der Waals surface area contributed by atoms with Crippen LogP contribution in [0.15, 0.2) is 75.9 Å². The van der Waals surface area contributed by atoms with Gasteiger partial charge in [0.05, 0.1) is 0 Å². The Kier molecular flexibility index (Phi) is 6.15. The normalized spacial score (nSPS) is 14.6. The van der Waals surface area contributed by atoms with Crippen molar-refractivity contribution in [3.05, 3.63) is 93.8 Å². The van der Waals surface area contributed by atoms with Gasteiger partial charge in [-0.25, -0.2) is 4.79 Å². The van der Waals surface area contributed by atoms with E-state index < -0.39 is 0 Å². The molecule has 3 nitrogen and oxygen atoms in total. The third kappa shape index (κ3) is 4.51. The third-order valence-corrected chi connectivity index (χ3v) is 7.01. The Bertz CT molecular complexity index is 1310. The molecule has 0 spiro atoms. The van der Waals surface area contributed by atoms with Crippen LogP contribution in [0.5, 0.6) is 0 Å². The van der Waals surface area contributed by atoms with E-state index in [2.05, 4.69) is 43.4 Å². The fourth-order valence-electron chi connectivity index (χ4n) is 5.34. The summed E-state index contributed by atoms with van der Waals surface area (Å²) in [5.41, 5.74) is 8.25. The highest BCUT2D eigenvalue weighted by molar-refractivity contribution is 6.00. The van der Waals surface area contributed by atoms with Crippen LogP contribution in [0, 0.1) is 13.8 Å². The van der Waals surface area contributed by atoms with Gasteiger partial charge in [-0.05, 0) is 66.1 Å². The van der Waals surface area contributed by atoms with Crippen LogP contribution in [-0.4, -0.2) is 6.04 Å². The van der Waals surface area contributed by atoms with Crippen LogP contribution in [0.3, 0.4) is 0 Å². The molecule has 1 N–H and O–H groups in total. The van der Waals surface area contributed by atoms with Gasteiger partial charge in [-0.3, -0.25) is 0 Å². The molecule has 0 unspecified atom stereocenters. The maximum Gasteiger partial charge on any atom is 0.336 e. The predicted molar refractivity (Wildman–Crippen MR) is 137 cm³/mol. The topological polar surface area (TPSA) is 42.2 Å². The number of benzene rings is 3. The highest BCUT2D eigenvalue weighted by Crippen LogP contribution is 2.37. The van der Waals surface area contributed by atoms with Crippen molar-refractivity contribution in [2.45, 2.75) is 58.5 Å².